The molecule has 0 radical (unpaired) electrons. The van der Waals surface area contributed by atoms with E-state index in [0.717, 1.165) is 0 Å². The predicted octanol–water partition coefficient (Wildman–Crippen LogP) is 2.88. The van der Waals surface area contributed by atoms with Gasteiger partial charge in [0.25, 0.3) is 0 Å². The Kier molecular flexibility index (Phi) is 6.28. The lowest BCUT2D eigenvalue weighted by Crippen LogP contribution is -2.00. The lowest BCUT2D eigenvalue weighted by Gasteiger charge is -2.17. The first-order valence-electron chi connectivity index (χ1n) is 7.57. The average Bonchev–Trinajstić information content (AvgIpc) is 2.62. The van der Waals surface area contributed by atoms with Crippen LogP contribution >= 0.6 is 0 Å². The van der Waals surface area contributed by atoms with E-state index < -0.39 is 0 Å². The monoisotopic (exact) mass is 334 g/mol. The Balaban J connectivity index is 2.46. The minimum absolute atomic E-state index is 0.110. The Labute approximate surface area is 141 Å². The molecule has 2 N–H and O–H groups in total. The van der Waals surface area contributed by atoms with E-state index in [0.29, 0.717) is 46.5 Å². The van der Waals surface area contributed by atoms with Crippen LogP contribution in [0, 0.1) is 0 Å². The maximum atomic E-state index is 9.61. The molecule has 0 saturated heterocycles. The molecule has 0 atom stereocenters. The van der Waals surface area contributed by atoms with Gasteiger partial charge in [-0.15, -0.1) is 0 Å². The molecule has 0 fully saturated rings. The van der Waals surface area contributed by atoms with E-state index in [2.05, 4.69) is 0 Å². The molecule has 130 valence electrons. The Hall–Kier alpha value is -2.44. The lowest BCUT2D eigenvalue weighted by atomic mass is 10.1. The Morgan fingerprint density at radius 1 is 0.792 bits per heavy atom. The molecule has 0 spiro atoms. The average molecular weight is 334 g/mol. The zero-order valence-corrected chi connectivity index (χ0v) is 14.0. The maximum Gasteiger partial charge on any atom is 0.169 e. The second-order valence-corrected chi connectivity index (χ2v) is 4.95. The second kappa shape index (κ2) is 8.42. The van der Waals surface area contributed by atoms with E-state index in [1.807, 2.05) is 6.92 Å². The van der Waals surface area contributed by atoms with Gasteiger partial charge in [-0.2, -0.15) is 0 Å². The van der Waals surface area contributed by atoms with Crippen molar-refractivity contribution >= 4 is 0 Å². The molecule has 0 amide bonds. The minimum Gasteiger partial charge on any atom is -0.493 e. The molecule has 0 saturated carbocycles. The van der Waals surface area contributed by atoms with E-state index in [4.69, 9.17) is 18.9 Å². The highest BCUT2D eigenvalue weighted by atomic mass is 16.5. The smallest absolute Gasteiger partial charge is 0.169 e. The first kappa shape index (κ1) is 17.9. The summed E-state index contributed by atoms with van der Waals surface area (Å²) in [6.07, 6.45) is 0. The predicted molar refractivity (Wildman–Crippen MR) is 89.1 cm³/mol. The standard InChI is InChI=1S/C18H22O6/c1-4-23-14-6-5-12(10-19)7-18(14)24-15-9-17(22-3)16(21-2)8-13(15)11-20/h5-9,19-20H,4,10-11H2,1-3H3. The normalized spacial score (nSPS) is 10.4. The third-order valence-corrected chi connectivity index (χ3v) is 3.45. The van der Waals surface area contributed by atoms with Crippen molar-refractivity contribution in [3.8, 4) is 28.7 Å². The first-order chi connectivity index (χ1) is 11.7. The van der Waals surface area contributed by atoms with Gasteiger partial charge in [0, 0.05) is 11.6 Å². The fourth-order valence-electron chi connectivity index (χ4n) is 2.24. The maximum absolute atomic E-state index is 9.61. The van der Waals surface area contributed by atoms with Crippen LogP contribution in [0.4, 0.5) is 0 Å². The number of hydrogen-bond acceptors (Lipinski definition) is 6. The van der Waals surface area contributed by atoms with Gasteiger partial charge in [-0.05, 0) is 30.7 Å². The molecule has 2 rings (SSSR count). The summed E-state index contributed by atoms with van der Waals surface area (Å²) in [7, 11) is 3.05. The van der Waals surface area contributed by atoms with Gasteiger partial charge in [0.05, 0.1) is 34.0 Å². The lowest BCUT2D eigenvalue weighted by molar-refractivity contribution is 0.271. The summed E-state index contributed by atoms with van der Waals surface area (Å²) in [5.41, 5.74) is 1.24. The second-order valence-electron chi connectivity index (χ2n) is 4.95. The van der Waals surface area contributed by atoms with E-state index in [1.165, 1.54) is 14.2 Å². The number of aliphatic hydroxyl groups excluding tert-OH is 2. The first-order valence-corrected chi connectivity index (χ1v) is 7.57. The summed E-state index contributed by atoms with van der Waals surface area (Å²) >= 11 is 0. The molecule has 24 heavy (non-hydrogen) atoms. The molecule has 0 aliphatic rings. The van der Waals surface area contributed by atoms with Gasteiger partial charge < -0.3 is 29.2 Å². The number of hydrogen-bond donors (Lipinski definition) is 2. The zero-order valence-electron chi connectivity index (χ0n) is 14.0. The summed E-state index contributed by atoms with van der Waals surface area (Å²) in [4.78, 5) is 0. The fraction of sp³-hybridized carbons (Fsp3) is 0.333. The molecular formula is C18H22O6. The quantitative estimate of drug-likeness (QED) is 0.773. The van der Waals surface area contributed by atoms with Crippen molar-refractivity contribution in [2.75, 3.05) is 20.8 Å². The van der Waals surface area contributed by atoms with Crippen LogP contribution in [0.3, 0.4) is 0 Å². The summed E-state index contributed by atoms with van der Waals surface area (Å²) < 4.78 is 22.0. The molecule has 0 bridgehead atoms. The van der Waals surface area contributed by atoms with E-state index in [-0.39, 0.29) is 13.2 Å². The summed E-state index contributed by atoms with van der Waals surface area (Å²) in [5.74, 6) is 2.41. The van der Waals surface area contributed by atoms with E-state index in [1.54, 1.807) is 30.3 Å². The number of rotatable bonds is 8. The van der Waals surface area contributed by atoms with Crippen LogP contribution in [0.25, 0.3) is 0 Å². The van der Waals surface area contributed by atoms with Gasteiger partial charge in [-0.25, -0.2) is 0 Å². The van der Waals surface area contributed by atoms with Crippen LogP contribution in [-0.2, 0) is 13.2 Å². The largest absolute Gasteiger partial charge is 0.493 e. The van der Waals surface area contributed by atoms with Gasteiger partial charge >= 0.3 is 0 Å². The summed E-state index contributed by atoms with van der Waals surface area (Å²) in [5, 5.41) is 18.9. The topological polar surface area (TPSA) is 77.4 Å². The number of aliphatic hydroxyl groups is 2. The molecular weight excluding hydrogens is 312 g/mol. The van der Waals surface area contributed by atoms with Gasteiger partial charge in [-0.1, -0.05) is 6.07 Å². The van der Waals surface area contributed by atoms with Crippen LogP contribution in [0.2, 0.25) is 0 Å². The van der Waals surface area contributed by atoms with Crippen molar-refractivity contribution in [2.45, 2.75) is 20.1 Å². The van der Waals surface area contributed by atoms with Crippen LogP contribution in [0.5, 0.6) is 28.7 Å². The molecule has 6 nitrogen and oxygen atoms in total. The van der Waals surface area contributed by atoms with Crippen molar-refractivity contribution in [3.05, 3.63) is 41.5 Å². The van der Waals surface area contributed by atoms with E-state index >= 15 is 0 Å². The molecule has 2 aromatic rings. The Morgan fingerprint density at radius 2 is 1.50 bits per heavy atom. The third-order valence-electron chi connectivity index (χ3n) is 3.45. The molecule has 6 heteroatoms. The van der Waals surface area contributed by atoms with Gasteiger partial charge in [0.2, 0.25) is 0 Å². The van der Waals surface area contributed by atoms with Gasteiger partial charge in [0.15, 0.2) is 23.0 Å². The van der Waals surface area contributed by atoms with Gasteiger partial charge in [-0.3, -0.25) is 0 Å². The van der Waals surface area contributed by atoms with Crippen molar-refractivity contribution in [2.24, 2.45) is 0 Å². The van der Waals surface area contributed by atoms with Crippen molar-refractivity contribution in [1.82, 2.24) is 0 Å². The minimum atomic E-state index is -0.223. The molecule has 0 heterocycles. The highest BCUT2D eigenvalue weighted by Gasteiger charge is 2.15. The van der Waals surface area contributed by atoms with Crippen LogP contribution in [0.15, 0.2) is 30.3 Å². The summed E-state index contributed by atoms with van der Waals surface area (Å²) in [6.45, 7) is 2.02. The third kappa shape index (κ3) is 3.90. The Morgan fingerprint density at radius 3 is 2.08 bits per heavy atom. The van der Waals surface area contributed by atoms with Crippen LogP contribution in [0.1, 0.15) is 18.1 Å². The van der Waals surface area contributed by atoms with Crippen molar-refractivity contribution in [1.29, 1.82) is 0 Å². The Bertz CT molecular complexity index is 683. The molecule has 0 aliphatic carbocycles. The molecule has 0 aliphatic heterocycles. The van der Waals surface area contributed by atoms with Crippen molar-refractivity contribution in [3.63, 3.8) is 0 Å². The number of ether oxygens (including phenoxy) is 4. The summed E-state index contributed by atoms with van der Waals surface area (Å²) in [6, 6.07) is 8.50. The van der Waals surface area contributed by atoms with E-state index in [9.17, 15) is 10.2 Å². The highest BCUT2D eigenvalue weighted by molar-refractivity contribution is 5.53. The molecule has 0 aromatic heterocycles. The SMILES string of the molecule is CCOc1ccc(CO)cc1Oc1cc(OC)c(OC)cc1CO. The van der Waals surface area contributed by atoms with Crippen molar-refractivity contribution < 1.29 is 29.2 Å². The number of benzene rings is 2. The van der Waals surface area contributed by atoms with Gasteiger partial charge in [0.1, 0.15) is 5.75 Å². The zero-order chi connectivity index (χ0) is 17.5. The van der Waals surface area contributed by atoms with Crippen LogP contribution in [-0.4, -0.2) is 31.0 Å². The van der Waals surface area contributed by atoms with Crippen LogP contribution < -0.4 is 18.9 Å². The fourth-order valence-corrected chi connectivity index (χ4v) is 2.24. The highest BCUT2D eigenvalue weighted by Crippen LogP contribution is 2.39. The number of methoxy groups -OCH3 is 2. The molecule has 2 aromatic carbocycles. The molecule has 0 unspecified atom stereocenters.